The summed E-state index contributed by atoms with van der Waals surface area (Å²) in [7, 11) is 3.36. The number of methoxy groups -OCH3 is 1. The number of ether oxygens (including phenoxy) is 2. The van der Waals surface area contributed by atoms with Gasteiger partial charge in [0.15, 0.2) is 0 Å². The predicted octanol–water partition coefficient (Wildman–Crippen LogP) is 4.51. The van der Waals surface area contributed by atoms with Gasteiger partial charge >= 0.3 is 0 Å². The Hall–Kier alpha value is -4.06. The standard InChI is InChI=1S/C26H24N2O4/c1-4-32-22-14-10-18(11-15-22)23-24(27(2)19-8-6-5-7-9-19)26(30)28(25(23)29)20-12-16-21(31-3)17-13-20/h5-17H,4H2,1-3H3. The minimum absolute atomic E-state index is 0.321. The summed E-state index contributed by atoms with van der Waals surface area (Å²) in [5.74, 6) is 0.602. The third-order valence-electron chi connectivity index (χ3n) is 5.32. The highest BCUT2D eigenvalue weighted by Gasteiger charge is 2.42. The van der Waals surface area contributed by atoms with Crippen LogP contribution in [0, 0.1) is 0 Å². The molecule has 1 aliphatic heterocycles. The maximum Gasteiger partial charge on any atom is 0.282 e. The van der Waals surface area contributed by atoms with E-state index in [9.17, 15) is 9.59 Å². The van der Waals surface area contributed by atoms with Crippen LogP contribution in [0.5, 0.6) is 11.5 Å². The Morgan fingerprint density at radius 1 is 0.812 bits per heavy atom. The monoisotopic (exact) mass is 428 g/mol. The van der Waals surface area contributed by atoms with Crippen molar-refractivity contribution in [3.8, 4) is 11.5 Å². The Morgan fingerprint density at radius 2 is 1.44 bits per heavy atom. The lowest BCUT2D eigenvalue weighted by molar-refractivity contribution is -0.120. The van der Waals surface area contributed by atoms with Gasteiger partial charge in [0.2, 0.25) is 0 Å². The van der Waals surface area contributed by atoms with Gasteiger partial charge in [-0.3, -0.25) is 9.59 Å². The molecule has 0 aromatic heterocycles. The molecule has 0 atom stereocenters. The van der Waals surface area contributed by atoms with E-state index >= 15 is 0 Å². The lowest BCUT2D eigenvalue weighted by Gasteiger charge is -2.21. The highest BCUT2D eigenvalue weighted by molar-refractivity contribution is 6.46. The number of nitrogens with zero attached hydrogens (tertiary/aromatic N) is 2. The number of imide groups is 1. The Bertz CT molecular complexity index is 1150. The van der Waals surface area contributed by atoms with Crippen molar-refractivity contribution in [2.45, 2.75) is 6.92 Å². The largest absolute Gasteiger partial charge is 0.497 e. The van der Waals surface area contributed by atoms with Crippen LogP contribution in [0.2, 0.25) is 0 Å². The second-order valence-corrected chi connectivity index (χ2v) is 7.22. The zero-order chi connectivity index (χ0) is 22.7. The molecule has 0 radical (unpaired) electrons. The molecule has 0 N–H and O–H groups in total. The summed E-state index contributed by atoms with van der Waals surface area (Å²) in [5, 5.41) is 0. The van der Waals surface area contributed by atoms with Gasteiger partial charge in [-0.25, -0.2) is 4.90 Å². The first kappa shape index (κ1) is 21.2. The maximum atomic E-state index is 13.6. The molecule has 0 saturated heterocycles. The number of benzene rings is 3. The van der Waals surface area contributed by atoms with E-state index in [-0.39, 0.29) is 11.8 Å². The molecule has 1 aliphatic rings. The number of hydrogen-bond acceptors (Lipinski definition) is 5. The minimum atomic E-state index is -0.379. The van der Waals surface area contributed by atoms with E-state index in [2.05, 4.69) is 0 Å². The number of anilines is 2. The first-order chi connectivity index (χ1) is 15.5. The zero-order valence-corrected chi connectivity index (χ0v) is 18.2. The molecule has 0 aliphatic carbocycles. The van der Waals surface area contributed by atoms with Crippen molar-refractivity contribution in [2.75, 3.05) is 30.6 Å². The van der Waals surface area contributed by atoms with E-state index in [1.807, 2.05) is 49.4 Å². The first-order valence-electron chi connectivity index (χ1n) is 10.3. The second-order valence-electron chi connectivity index (χ2n) is 7.22. The summed E-state index contributed by atoms with van der Waals surface area (Å²) in [5.41, 5.74) is 2.62. The van der Waals surface area contributed by atoms with E-state index in [1.54, 1.807) is 55.5 Å². The van der Waals surface area contributed by atoms with Crippen molar-refractivity contribution in [3.05, 3.63) is 90.1 Å². The van der Waals surface area contributed by atoms with Crippen molar-refractivity contribution in [3.63, 3.8) is 0 Å². The Balaban J connectivity index is 1.81. The number of para-hydroxylation sites is 1. The van der Waals surface area contributed by atoms with Gasteiger partial charge in [0, 0.05) is 12.7 Å². The van der Waals surface area contributed by atoms with Crippen LogP contribution >= 0.6 is 0 Å². The second kappa shape index (κ2) is 8.98. The minimum Gasteiger partial charge on any atom is -0.497 e. The highest BCUT2D eigenvalue weighted by atomic mass is 16.5. The fraction of sp³-hybridized carbons (Fsp3) is 0.154. The number of carbonyl (C=O) groups is 2. The lowest BCUT2D eigenvalue weighted by atomic mass is 10.0. The molecule has 0 saturated carbocycles. The molecule has 4 rings (SSSR count). The molecule has 1 heterocycles. The SMILES string of the molecule is CCOc1ccc(C2=C(N(C)c3ccccc3)C(=O)N(c3ccc(OC)cc3)C2=O)cc1. The zero-order valence-electron chi connectivity index (χ0n) is 18.2. The molecule has 0 bridgehead atoms. The van der Waals surface area contributed by atoms with Gasteiger partial charge in [-0.2, -0.15) is 0 Å². The van der Waals surface area contributed by atoms with Crippen molar-refractivity contribution < 1.29 is 19.1 Å². The summed E-state index contributed by atoms with van der Waals surface area (Å²) in [6.45, 7) is 2.46. The maximum absolute atomic E-state index is 13.6. The van der Waals surface area contributed by atoms with Crippen molar-refractivity contribution in [1.82, 2.24) is 0 Å². The van der Waals surface area contributed by atoms with Crippen molar-refractivity contribution in [2.24, 2.45) is 0 Å². The number of amides is 2. The Labute approximate surface area is 187 Å². The van der Waals surface area contributed by atoms with E-state index in [0.29, 0.717) is 40.6 Å². The van der Waals surface area contributed by atoms with Crippen molar-refractivity contribution in [1.29, 1.82) is 0 Å². The highest BCUT2D eigenvalue weighted by Crippen LogP contribution is 2.36. The number of hydrogen-bond donors (Lipinski definition) is 0. The van der Waals surface area contributed by atoms with E-state index in [0.717, 1.165) is 5.69 Å². The summed E-state index contributed by atoms with van der Waals surface area (Å²) in [6, 6.07) is 23.6. The van der Waals surface area contributed by atoms with Crippen molar-refractivity contribution >= 4 is 28.8 Å². The number of carbonyl (C=O) groups excluding carboxylic acids is 2. The first-order valence-corrected chi connectivity index (χ1v) is 10.3. The van der Waals surface area contributed by atoms with Gasteiger partial charge in [0.25, 0.3) is 11.8 Å². The van der Waals surface area contributed by atoms with Crippen LogP contribution in [0.25, 0.3) is 5.57 Å². The molecule has 0 fully saturated rings. The van der Waals surface area contributed by atoms with E-state index in [1.165, 1.54) is 4.90 Å². The molecule has 32 heavy (non-hydrogen) atoms. The van der Waals surface area contributed by atoms with Gasteiger partial charge in [0.1, 0.15) is 17.2 Å². The fourth-order valence-electron chi connectivity index (χ4n) is 3.72. The van der Waals surface area contributed by atoms with Crippen LogP contribution in [0.3, 0.4) is 0 Å². The van der Waals surface area contributed by atoms with Crippen LogP contribution in [-0.2, 0) is 9.59 Å². The topological polar surface area (TPSA) is 59.1 Å². The molecule has 6 heteroatoms. The van der Waals surface area contributed by atoms with Crippen LogP contribution in [0.4, 0.5) is 11.4 Å². The molecular weight excluding hydrogens is 404 g/mol. The van der Waals surface area contributed by atoms with E-state index in [4.69, 9.17) is 9.47 Å². The third-order valence-corrected chi connectivity index (χ3v) is 5.32. The summed E-state index contributed by atoms with van der Waals surface area (Å²) in [4.78, 5) is 30.1. The molecule has 6 nitrogen and oxygen atoms in total. The molecule has 0 unspecified atom stereocenters. The van der Waals surface area contributed by atoms with Gasteiger partial charge in [-0.15, -0.1) is 0 Å². The van der Waals surface area contributed by atoms with Gasteiger partial charge in [-0.1, -0.05) is 30.3 Å². The molecule has 0 spiro atoms. The van der Waals surface area contributed by atoms with Gasteiger partial charge < -0.3 is 14.4 Å². The average molecular weight is 428 g/mol. The van der Waals surface area contributed by atoms with Crippen LogP contribution < -0.4 is 19.3 Å². The summed E-state index contributed by atoms with van der Waals surface area (Å²) in [6.07, 6.45) is 0. The molecular formula is C26H24N2O4. The molecule has 3 aromatic carbocycles. The molecule has 3 aromatic rings. The van der Waals surface area contributed by atoms with Gasteiger partial charge in [0.05, 0.1) is 25.0 Å². The summed E-state index contributed by atoms with van der Waals surface area (Å²) >= 11 is 0. The van der Waals surface area contributed by atoms with Crippen LogP contribution in [-0.4, -0.2) is 32.6 Å². The Morgan fingerprint density at radius 3 is 2.03 bits per heavy atom. The van der Waals surface area contributed by atoms with E-state index < -0.39 is 0 Å². The molecule has 162 valence electrons. The fourth-order valence-corrected chi connectivity index (χ4v) is 3.72. The van der Waals surface area contributed by atoms with Crippen LogP contribution in [0.1, 0.15) is 12.5 Å². The number of rotatable bonds is 7. The summed E-state index contributed by atoms with van der Waals surface area (Å²) < 4.78 is 10.7. The average Bonchev–Trinajstić information content (AvgIpc) is 3.10. The number of likely N-dealkylation sites (N-methyl/N-ethyl adjacent to an activating group) is 1. The Kier molecular flexibility index (Phi) is 5.94. The van der Waals surface area contributed by atoms with Gasteiger partial charge in [-0.05, 0) is 61.0 Å². The molecule has 2 amide bonds. The normalized spacial score (nSPS) is 13.5. The quantitative estimate of drug-likeness (QED) is 0.518. The lowest BCUT2D eigenvalue weighted by Crippen LogP contribution is -2.34. The smallest absolute Gasteiger partial charge is 0.282 e. The third kappa shape index (κ3) is 3.83. The van der Waals surface area contributed by atoms with Crippen LogP contribution in [0.15, 0.2) is 84.6 Å². The predicted molar refractivity (Wildman–Crippen MR) is 125 cm³/mol.